The summed E-state index contributed by atoms with van der Waals surface area (Å²) < 4.78 is 5.19. The maximum Gasteiger partial charge on any atom is 0.290 e. The lowest BCUT2D eigenvalue weighted by molar-refractivity contribution is -0.119. The maximum atomic E-state index is 12.7. The molecule has 5 nitrogen and oxygen atoms in total. The van der Waals surface area contributed by atoms with Crippen LogP contribution in [-0.4, -0.2) is 29.3 Å². The van der Waals surface area contributed by atoms with Crippen molar-refractivity contribution in [3.63, 3.8) is 0 Å². The third-order valence-electron chi connectivity index (χ3n) is 4.81. The topological polar surface area (TPSA) is 62.6 Å². The number of hydrogen-bond acceptors (Lipinski definition) is 3. The van der Waals surface area contributed by atoms with Crippen molar-refractivity contribution in [2.45, 2.75) is 18.9 Å². The molecular formula is C22H20N2O3. The molecule has 1 atom stereocenters. The number of nitrogens with one attached hydrogen (secondary N) is 1. The largest absolute Gasteiger partial charge is 0.459 e. The zero-order valence-corrected chi connectivity index (χ0v) is 14.8. The van der Waals surface area contributed by atoms with Crippen LogP contribution in [0.1, 0.15) is 23.4 Å². The lowest BCUT2D eigenvalue weighted by atomic mass is 10.1. The Bertz CT molecular complexity index is 918. The van der Waals surface area contributed by atoms with Crippen LogP contribution in [0.3, 0.4) is 0 Å². The smallest absolute Gasteiger partial charge is 0.290 e. The third-order valence-corrected chi connectivity index (χ3v) is 4.81. The number of anilines is 1. The lowest BCUT2D eigenvalue weighted by Gasteiger charge is -2.23. The molecular weight excluding hydrogens is 340 g/mol. The second-order valence-electron chi connectivity index (χ2n) is 6.57. The molecule has 3 aromatic rings. The van der Waals surface area contributed by atoms with Gasteiger partial charge in [-0.1, -0.05) is 42.5 Å². The zero-order chi connectivity index (χ0) is 18.6. The van der Waals surface area contributed by atoms with Crippen LogP contribution in [0.4, 0.5) is 5.69 Å². The van der Waals surface area contributed by atoms with Gasteiger partial charge < -0.3 is 14.6 Å². The average Bonchev–Trinajstić information content (AvgIpc) is 3.41. The standard InChI is InChI=1S/C22H20N2O3/c25-21(19-8-4-14-24(19)22(26)20-9-5-15-27-20)23-18-12-10-17(11-13-18)16-6-2-1-3-7-16/h1-3,5-7,9-13,15,19H,4,8,14H2,(H,23,25)/t19-/m1/s1. The first-order chi connectivity index (χ1) is 13.2. The van der Waals surface area contributed by atoms with Gasteiger partial charge in [0.2, 0.25) is 5.91 Å². The molecule has 0 saturated carbocycles. The highest BCUT2D eigenvalue weighted by Gasteiger charge is 2.35. The second-order valence-corrected chi connectivity index (χ2v) is 6.57. The molecule has 0 unspecified atom stereocenters. The molecule has 2 aromatic carbocycles. The molecule has 2 heterocycles. The predicted octanol–water partition coefficient (Wildman–Crippen LogP) is 4.19. The highest BCUT2D eigenvalue weighted by molar-refractivity contribution is 6.00. The summed E-state index contributed by atoms with van der Waals surface area (Å²) in [7, 11) is 0. The first-order valence-corrected chi connectivity index (χ1v) is 9.03. The molecule has 136 valence electrons. The molecule has 1 aliphatic heterocycles. The van der Waals surface area contributed by atoms with Gasteiger partial charge in [-0.3, -0.25) is 9.59 Å². The van der Waals surface area contributed by atoms with Crippen LogP contribution in [0, 0.1) is 0 Å². The molecule has 27 heavy (non-hydrogen) atoms. The van der Waals surface area contributed by atoms with Crippen molar-refractivity contribution in [3.8, 4) is 11.1 Å². The van der Waals surface area contributed by atoms with Crippen LogP contribution < -0.4 is 5.32 Å². The maximum absolute atomic E-state index is 12.7. The number of nitrogens with zero attached hydrogens (tertiary/aromatic N) is 1. The molecule has 1 fully saturated rings. The average molecular weight is 360 g/mol. The van der Waals surface area contributed by atoms with Gasteiger partial charge in [-0.25, -0.2) is 0 Å². The minimum absolute atomic E-state index is 0.167. The Morgan fingerprint density at radius 2 is 1.67 bits per heavy atom. The second kappa shape index (κ2) is 7.50. The van der Waals surface area contributed by atoms with E-state index >= 15 is 0 Å². The van der Waals surface area contributed by atoms with Crippen LogP contribution in [0.25, 0.3) is 11.1 Å². The van der Waals surface area contributed by atoms with E-state index in [-0.39, 0.29) is 17.6 Å². The quantitative estimate of drug-likeness (QED) is 0.759. The van der Waals surface area contributed by atoms with Crippen molar-refractivity contribution < 1.29 is 14.0 Å². The van der Waals surface area contributed by atoms with Crippen LogP contribution in [0.5, 0.6) is 0 Å². The predicted molar refractivity (Wildman–Crippen MR) is 103 cm³/mol. The summed E-state index contributed by atoms with van der Waals surface area (Å²) in [6, 6.07) is 20.6. The first-order valence-electron chi connectivity index (χ1n) is 9.03. The Labute approximate surface area is 157 Å². The van der Waals surface area contributed by atoms with Gasteiger partial charge in [0.25, 0.3) is 5.91 Å². The zero-order valence-electron chi connectivity index (χ0n) is 14.8. The molecule has 5 heteroatoms. The highest BCUT2D eigenvalue weighted by Crippen LogP contribution is 2.24. The van der Waals surface area contributed by atoms with Gasteiger partial charge in [0.15, 0.2) is 5.76 Å². The fourth-order valence-electron chi connectivity index (χ4n) is 3.43. The summed E-state index contributed by atoms with van der Waals surface area (Å²) in [5.41, 5.74) is 2.93. The van der Waals surface area contributed by atoms with E-state index in [1.165, 1.54) is 6.26 Å². The molecule has 4 rings (SSSR count). The highest BCUT2D eigenvalue weighted by atomic mass is 16.3. The van der Waals surface area contributed by atoms with Crippen LogP contribution in [0.15, 0.2) is 77.4 Å². The third kappa shape index (κ3) is 3.62. The van der Waals surface area contributed by atoms with Crippen molar-refractivity contribution in [3.05, 3.63) is 78.8 Å². The van der Waals surface area contributed by atoms with E-state index in [0.717, 1.165) is 23.2 Å². The first kappa shape index (κ1) is 17.1. The van der Waals surface area contributed by atoms with Gasteiger partial charge in [-0.2, -0.15) is 0 Å². The summed E-state index contributed by atoms with van der Waals surface area (Å²) in [5.74, 6) is -0.140. The molecule has 0 bridgehead atoms. The van der Waals surface area contributed by atoms with Crippen molar-refractivity contribution >= 4 is 17.5 Å². The number of benzene rings is 2. The molecule has 1 aromatic heterocycles. The monoisotopic (exact) mass is 360 g/mol. The van der Waals surface area contributed by atoms with Gasteiger partial charge in [-0.05, 0) is 48.2 Å². The van der Waals surface area contributed by atoms with E-state index in [9.17, 15) is 9.59 Å². The normalized spacial score (nSPS) is 16.3. The van der Waals surface area contributed by atoms with Crippen molar-refractivity contribution in [2.24, 2.45) is 0 Å². The molecule has 1 N–H and O–H groups in total. The van der Waals surface area contributed by atoms with E-state index in [4.69, 9.17) is 4.42 Å². The van der Waals surface area contributed by atoms with Gasteiger partial charge in [0, 0.05) is 12.2 Å². The minimum Gasteiger partial charge on any atom is -0.459 e. The van der Waals surface area contributed by atoms with Crippen LogP contribution in [0.2, 0.25) is 0 Å². The number of amides is 2. The van der Waals surface area contributed by atoms with Gasteiger partial charge in [-0.15, -0.1) is 0 Å². The SMILES string of the molecule is O=C(Nc1ccc(-c2ccccc2)cc1)[C@H]1CCCN1C(=O)c1ccco1. The Balaban J connectivity index is 1.44. The van der Waals surface area contributed by atoms with E-state index in [1.807, 2.05) is 54.6 Å². The number of hydrogen-bond donors (Lipinski definition) is 1. The summed E-state index contributed by atoms with van der Waals surface area (Å²) in [4.78, 5) is 26.8. The van der Waals surface area contributed by atoms with E-state index in [2.05, 4.69) is 5.32 Å². The van der Waals surface area contributed by atoms with Crippen LogP contribution in [-0.2, 0) is 4.79 Å². The summed E-state index contributed by atoms with van der Waals surface area (Å²) in [5, 5.41) is 2.93. The van der Waals surface area contributed by atoms with E-state index in [0.29, 0.717) is 13.0 Å². The lowest BCUT2D eigenvalue weighted by Crippen LogP contribution is -2.43. The molecule has 1 aliphatic rings. The molecule has 0 spiro atoms. The molecule has 0 aliphatic carbocycles. The Morgan fingerprint density at radius 3 is 2.37 bits per heavy atom. The van der Waals surface area contributed by atoms with E-state index < -0.39 is 6.04 Å². The fourth-order valence-corrected chi connectivity index (χ4v) is 3.43. The molecule has 0 radical (unpaired) electrons. The number of furan rings is 1. The van der Waals surface area contributed by atoms with Crippen molar-refractivity contribution in [1.29, 1.82) is 0 Å². The number of carbonyl (C=O) groups excluding carboxylic acids is 2. The van der Waals surface area contributed by atoms with Gasteiger partial charge >= 0.3 is 0 Å². The summed E-state index contributed by atoms with van der Waals surface area (Å²) in [6.45, 7) is 0.560. The number of likely N-dealkylation sites (tertiary alicyclic amines) is 1. The van der Waals surface area contributed by atoms with Crippen molar-refractivity contribution in [2.75, 3.05) is 11.9 Å². The number of rotatable bonds is 4. The fraction of sp³-hybridized carbons (Fsp3) is 0.182. The summed E-state index contributed by atoms with van der Waals surface area (Å²) in [6.07, 6.45) is 2.92. The van der Waals surface area contributed by atoms with Crippen molar-refractivity contribution in [1.82, 2.24) is 4.90 Å². The summed E-state index contributed by atoms with van der Waals surface area (Å²) >= 11 is 0. The van der Waals surface area contributed by atoms with Gasteiger partial charge in [0.05, 0.1) is 6.26 Å². The van der Waals surface area contributed by atoms with E-state index in [1.54, 1.807) is 17.0 Å². The van der Waals surface area contributed by atoms with Gasteiger partial charge in [0.1, 0.15) is 6.04 Å². The Morgan fingerprint density at radius 1 is 0.926 bits per heavy atom. The molecule has 1 saturated heterocycles. The Hall–Kier alpha value is -3.34. The molecule has 2 amide bonds. The Kier molecular flexibility index (Phi) is 4.75. The minimum atomic E-state index is -0.476. The van der Waals surface area contributed by atoms with Crippen LogP contribution >= 0.6 is 0 Å². The number of carbonyl (C=O) groups is 2.